The highest BCUT2D eigenvalue weighted by atomic mass is 19.4. The first kappa shape index (κ1) is 25.1. The molecule has 13 heteroatoms. The van der Waals surface area contributed by atoms with E-state index in [4.69, 9.17) is 0 Å². The first-order valence-corrected chi connectivity index (χ1v) is 11.2. The second-order valence-electron chi connectivity index (χ2n) is 9.09. The number of benzene rings is 2. The van der Waals surface area contributed by atoms with Crippen LogP contribution < -0.4 is 15.6 Å². The van der Waals surface area contributed by atoms with Gasteiger partial charge < -0.3 is 25.4 Å². The van der Waals surface area contributed by atoms with Crippen molar-refractivity contribution in [2.45, 2.75) is 49.5 Å². The number of aromatic nitrogens is 1. The number of carbonyl (C=O) groups is 1. The maximum absolute atomic E-state index is 13.9. The molecule has 0 aliphatic carbocycles. The standard InChI is InChI=1S/C24H19F6N3O4/c25-23(26,27)12-2-1-3-15-20(12)21(36)11(9-31-15)22(37)32-14-5-4-10(6-13(14)24(28,29)30)33-16-7-18(34)17(33)8-19(16)35/h1-6,9,16-19,34-35H,7-8H2,(H,31,36)(H,32,37)/t16?,17?,18-,19?/m0/s1. The van der Waals surface area contributed by atoms with E-state index in [9.17, 15) is 46.1 Å². The first-order chi connectivity index (χ1) is 17.3. The van der Waals surface area contributed by atoms with Crippen molar-refractivity contribution >= 4 is 28.2 Å². The molecule has 1 amide bonds. The monoisotopic (exact) mass is 527 g/mol. The minimum absolute atomic E-state index is 0.0757. The van der Waals surface area contributed by atoms with Gasteiger partial charge in [0.1, 0.15) is 5.56 Å². The van der Waals surface area contributed by atoms with Gasteiger partial charge in [0.25, 0.3) is 5.91 Å². The number of carbonyl (C=O) groups excluding carboxylic acids is 1. The molecule has 4 N–H and O–H groups in total. The molecule has 0 radical (unpaired) electrons. The van der Waals surface area contributed by atoms with E-state index < -0.39 is 75.7 Å². The quantitative estimate of drug-likeness (QED) is 0.387. The van der Waals surface area contributed by atoms with E-state index in [2.05, 4.69) is 4.98 Å². The van der Waals surface area contributed by atoms with E-state index in [0.717, 1.165) is 24.4 Å². The van der Waals surface area contributed by atoms with Crippen LogP contribution >= 0.6 is 0 Å². The Morgan fingerprint density at radius 2 is 1.57 bits per heavy atom. The molecule has 2 fully saturated rings. The van der Waals surface area contributed by atoms with E-state index >= 15 is 0 Å². The molecule has 0 saturated carbocycles. The largest absolute Gasteiger partial charge is 0.418 e. The van der Waals surface area contributed by atoms with Gasteiger partial charge in [-0.1, -0.05) is 6.07 Å². The number of nitrogens with zero attached hydrogens (tertiary/aromatic N) is 1. The fourth-order valence-electron chi connectivity index (χ4n) is 5.25. The van der Waals surface area contributed by atoms with Crippen molar-refractivity contribution < 1.29 is 41.4 Å². The first-order valence-electron chi connectivity index (χ1n) is 11.2. The summed E-state index contributed by atoms with van der Waals surface area (Å²) < 4.78 is 82.1. The van der Waals surface area contributed by atoms with Gasteiger partial charge in [0.15, 0.2) is 0 Å². The zero-order valence-corrected chi connectivity index (χ0v) is 18.7. The molecule has 4 atom stereocenters. The van der Waals surface area contributed by atoms with Gasteiger partial charge in [-0.15, -0.1) is 0 Å². The third kappa shape index (κ3) is 4.21. The number of aromatic amines is 1. The lowest BCUT2D eigenvalue weighted by molar-refractivity contribution is -0.137. The molecule has 7 nitrogen and oxygen atoms in total. The highest BCUT2D eigenvalue weighted by Crippen LogP contribution is 2.44. The molecule has 196 valence electrons. The van der Waals surface area contributed by atoms with Crippen molar-refractivity contribution in [2.24, 2.45) is 0 Å². The number of hydrogen-bond acceptors (Lipinski definition) is 5. The molecule has 2 aliphatic heterocycles. The zero-order chi connectivity index (χ0) is 26.9. The van der Waals surface area contributed by atoms with Crippen LogP contribution in [0.15, 0.2) is 47.4 Å². The van der Waals surface area contributed by atoms with Gasteiger partial charge in [0, 0.05) is 17.4 Å². The van der Waals surface area contributed by atoms with Crippen LogP contribution in [0, 0.1) is 0 Å². The smallest absolute Gasteiger partial charge is 0.391 e. The van der Waals surface area contributed by atoms with Crippen molar-refractivity contribution in [3.05, 3.63) is 69.5 Å². The Labute approximate surface area is 204 Å². The summed E-state index contributed by atoms with van der Waals surface area (Å²) in [5.74, 6) is -1.33. The number of rotatable bonds is 3. The van der Waals surface area contributed by atoms with Crippen LogP contribution in [0.4, 0.5) is 37.7 Å². The Morgan fingerprint density at radius 1 is 0.946 bits per heavy atom. The molecule has 0 spiro atoms. The molecule has 5 rings (SSSR count). The average molecular weight is 527 g/mol. The highest BCUT2D eigenvalue weighted by molar-refractivity contribution is 6.06. The van der Waals surface area contributed by atoms with E-state index in [1.165, 1.54) is 17.0 Å². The third-order valence-corrected chi connectivity index (χ3v) is 6.88. The van der Waals surface area contributed by atoms with Crippen LogP contribution in [0.1, 0.15) is 34.3 Å². The average Bonchev–Trinajstić information content (AvgIpc) is 3.30. The summed E-state index contributed by atoms with van der Waals surface area (Å²) in [6, 6.07) is 4.80. The van der Waals surface area contributed by atoms with Crippen molar-refractivity contribution in [3.63, 3.8) is 0 Å². The lowest BCUT2D eigenvalue weighted by Crippen LogP contribution is -2.33. The predicted octanol–water partition coefficient (Wildman–Crippen LogP) is 3.89. The molecule has 2 aromatic carbocycles. The Morgan fingerprint density at radius 3 is 2.16 bits per heavy atom. The summed E-state index contributed by atoms with van der Waals surface area (Å²) in [6.07, 6.45) is -10.3. The molecule has 1 aromatic heterocycles. The Kier molecular flexibility index (Phi) is 5.75. The molecule has 37 heavy (non-hydrogen) atoms. The maximum Gasteiger partial charge on any atom is 0.418 e. The van der Waals surface area contributed by atoms with Crippen LogP contribution in [-0.4, -0.2) is 45.4 Å². The van der Waals surface area contributed by atoms with E-state index in [0.29, 0.717) is 6.07 Å². The van der Waals surface area contributed by atoms with Crippen molar-refractivity contribution in [1.29, 1.82) is 0 Å². The molecule has 2 bridgehead atoms. The number of alkyl halides is 6. The second-order valence-corrected chi connectivity index (χ2v) is 9.09. The second kappa shape index (κ2) is 8.48. The molecule has 3 aromatic rings. The minimum atomic E-state index is -4.95. The van der Waals surface area contributed by atoms with Gasteiger partial charge >= 0.3 is 12.4 Å². The third-order valence-electron chi connectivity index (χ3n) is 6.88. The van der Waals surface area contributed by atoms with Gasteiger partial charge in [-0.2, -0.15) is 26.3 Å². The van der Waals surface area contributed by atoms with E-state index in [1.807, 2.05) is 5.32 Å². The molecular weight excluding hydrogens is 508 g/mol. The molecule has 3 heterocycles. The SMILES string of the molecule is O=C(Nc1ccc(N2C3C[C@H](O)C2CC3O)cc1C(F)(F)F)c1c[nH]c2cccc(C(F)(F)F)c2c1=O. The summed E-state index contributed by atoms with van der Waals surface area (Å²) in [5.41, 5.74) is -5.47. The van der Waals surface area contributed by atoms with Crippen LogP contribution in [0.5, 0.6) is 0 Å². The number of pyridine rings is 1. The summed E-state index contributed by atoms with van der Waals surface area (Å²) in [6.45, 7) is 0. The van der Waals surface area contributed by atoms with E-state index in [1.54, 1.807) is 0 Å². The fraction of sp³-hybridized carbons (Fsp3) is 0.333. The van der Waals surface area contributed by atoms with Gasteiger partial charge in [0.2, 0.25) is 5.43 Å². The maximum atomic E-state index is 13.9. The number of amides is 1. The number of fused-ring (bicyclic) bond motifs is 3. The number of halogens is 6. The van der Waals surface area contributed by atoms with Gasteiger partial charge in [-0.3, -0.25) is 9.59 Å². The van der Waals surface area contributed by atoms with Gasteiger partial charge in [-0.25, -0.2) is 0 Å². The Bertz CT molecular complexity index is 1440. The molecule has 2 saturated heterocycles. The van der Waals surface area contributed by atoms with Crippen molar-refractivity contribution in [1.82, 2.24) is 4.98 Å². The topological polar surface area (TPSA) is 106 Å². The van der Waals surface area contributed by atoms with Crippen LogP contribution in [-0.2, 0) is 12.4 Å². The van der Waals surface area contributed by atoms with Gasteiger partial charge in [0.05, 0.1) is 46.5 Å². The summed E-state index contributed by atoms with van der Waals surface area (Å²) in [7, 11) is 0. The molecule has 2 aliphatic rings. The number of H-pyrrole nitrogens is 1. The fourth-order valence-corrected chi connectivity index (χ4v) is 5.25. The number of anilines is 2. The lowest BCUT2D eigenvalue weighted by Gasteiger charge is -2.26. The molecule has 3 unspecified atom stereocenters. The Balaban J connectivity index is 1.52. The number of nitrogens with one attached hydrogen (secondary N) is 2. The van der Waals surface area contributed by atoms with Gasteiger partial charge in [-0.05, 0) is 43.2 Å². The zero-order valence-electron chi connectivity index (χ0n) is 18.7. The van der Waals surface area contributed by atoms with E-state index in [-0.39, 0.29) is 24.0 Å². The van der Waals surface area contributed by atoms with Crippen LogP contribution in [0.2, 0.25) is 0 Å². The minimum Gasteiger partial charge on any atom is -0.391 e. The van der Waals surface area contributed by atoms with Crippen LogP contribution in [0.3, 0.4) is 0 Å². The lowest BCUT2D eigenvalue weighted by atomic mass is 9.95. The van der Waals surface area contributed by atoms with Crippen LogP contribution in [0.25, 0.3) is 10.9 Å². The highest BCUT2D eigenvalue weighted by Gasteiger charge is 2.51. The number of aliphatic hydroxyl groups is 2. The van der Waals surface area contributed by atoms with Crippen molar-refractivity contribution in [3.8, 4) is 0 Å². The summed E-state index contributed by atoms with van der Waals surface area (Å²) in [4.78, 5) is 29.6. The summed E-state index contributed by atoms with van der Waals surface area (Å²) in [5, 5.41) is 21.5. The molecular formula is C24H19F6N3O4. The Hall–Kier alpha value is -3.58. The normalized spacial score (nSPS) is 23.6. The number of aliphatic hydroxyl groups excluding tert-OH is 2. The predicted molar refractivity (Wildman–Crippen MR) is 120 cm³/mol. The van der Waals surface area contributed by atoms with Crippen molar-refractivity contribution in [2.75, 3.05) is 10.2 Å². The number of hydrogen-bond donors (Lipinski definition) is 4. The summed E-state index contributed by atoms with van der Waals surface area (Å²) >= 11 is 0.